The van der Waals surface area contributed by atoms with Crippen LogP contribution in [0, 0.1) is 17.2 Å². The van der Waals surface area contributed by atoms with Gasteiger partial charge in [0.25, 0.3) is 0 Å². The van der Waals surface area contributed by atoms with Gasteiger partial charge in [-0.05, 0) is 55.3 Å². The summed E-state index contributed by atoms with van der Waals surface area (Å²) in [7, 11) is 0. The highest BCUT2D eigenvalue weighted by atomic mass is 14.9. The number of nitrogens with one attached hydrogen (secondary N) is 1. The lowest BCUT2D eigenvalue weighted by Gasteiger charge is -2.37. The molecular weight excluding hydrogens is 222 g/mol. The summed E-state index contributed by atoms with van der Waals surface area (Å²) in [6, 6.07) is 4.59. The van der Waals surface area contributed by atoms with Gasteiger partial charge in [0, 0.05) is 18.4 Å². The van der Waals surface area contributed by atoms with Crippen molar-refractivity contribution in [3.05, 3.63) is 35.7 Å². The molecule has 0 amide bonds. The Hall–Kier alpha value is -1.66. The first-order chi connectivity index (χ1) is 8.88. The van der Waals surface area contributed by atoms with E-state index in [-0.39, 0.29) is 0 Å². The fourth-order valence-electron chi connectivity index (χ4n) is 3.17. The molecule has 1 aromatic rings. The summed E-state index contributed by atoms with van der Waals surface area (Å²) in [5.41, 5.74) is 3.10. The maximum atomic E-state index is 8.97. The van der Waals surface area contributed by atoms with Crippen molar-refractivity contribution < 1.29 is 0 Å². The van der Waals surface area contributed by atoms with Crippen molar-refractivity contribution in [2.45, 2.75) is 31.7 Å². The van der Waals surface area contributed by atoms with E-state index in [4.69, 9.17) is 5.26 Å². The maximum absolute atomic E-state index is 8.97. The molecule has 3 nitrogen and oxygen atoms in total. The Bertz CT molecular complexity index is 513. The van der Waals surface area contributed by atoms with Crippen LogP contribution in [0.5, 0.6) is 0 Å². The highest BCUT2D eigenvalue weighted by Gasteiger charge is 2.30. The molecule has 1 N–H and O–H groups in total. The largest absolute Gasteiger partial charge is 0.310 e. The molecule has 0 aromatic carbocycles. The molecule has 2 heterocycles. The summed E-state index contributed by atoms with van der Waals surface area (Å²) < 4.78 is 0. The Kier molecular flexibility index (Phi) is 3.12. The number of piperidine rings is 1. The first-order valence-corrected chi connectivity index (χ1v) is 6.67. The van der Waals surface area contributed by atoms with Crippen LogP contribution in [0.25, 0.3) is 5.57 Å². The maximum Gasteiger partial charge on any atom is 0.101 e. The van der Waals surface area contributed by atoms with Gasteiger partial charge in [-0.15, -0.1) is 0 Å². The van der Waals surface area contributed by atoms with Crippen molar-refractivity contribution in [1.29, 1.82) is 5.26 Å². The fraction of sp³-hybridized carbons (Fsp3) is 0.467. The monoisotopic (exact) mass is 239 g/mol. The SMILES string of the molecule is N#Cc1cncc(C2=CCC[C@@H]3CCCN[C@H]23)c1. The number of hydrogen-bond donors (Lipinski definition) is 1. The summed E-state index contributed by atoms with van der Waals surface area (Å²) in [6.45, 7) is 1.10. The van der Waals surface area contributed by atoms with Crippen LogP contribution >= 0.6 is 0 Å². The van der Waals surface area contributed by atoms with Crippen molar-refractivity contribution in [3.8, 4) is 6.07 Å². The van der Waals surface area contributed by atoms with Crippen LogP contribution in [-0.4, -0.2) is 17.6 Å². The number of pyridine rings is 1. The number of hydrogen-bond acceptors (Lipinski definition) is 3. The van der Waals surface area contributed by atoms with Crippen LogP contribution in [0.3, 0.4) is 0 Å². The van der Waals surface area contributed by atoms with Gasteiger partial charge in [0.2, 0.25) is 0 Å². The van der Waals surface area contributed by atoms with Crippen molar-refractivity contribution in [2.75, 3.05) is 6.54 Å². The molecule has 1 aromatic heterocycles. The second-order valence-corrected chi connectivity index (χ2v) is 5.15. The molecule has 0 bridgehead atoms. The number of aromatic nitrogens is 1. The van der Waals surface area contributed by atoms with Gasteiger partial charge in [-0.1, -0.05) is 6.08 Å². The van der Waals surface area contributed by atoms with Crippen molar-refractivity contribution >= 4 is 5.57 Å². The molecule has 2 atom stereocenters. The lowest BCUT2D eigenvalue weighted by Crippen LogP contribution is -2.43. The molecule has 1 aliphatic heterocycles. The predicted octanol–water partition coefficient (Wildman–Crippen LogP) is 2.50. The number of allylic oxidation sites excluding steroid dienone is 1. The first kappa shape index (κ1) is 11.4. The van der Waals surface area contributed by atoms with E-state index >= 15 is 0 Å². The standard InChI is InChI=1S/C15H17N3/c16-8-11-7-13(10-17-9-11)14-5-1-3-12-4-2-6-18-15(12)14/h5,7,9-10,12,15,18H,1-4,6H2/t12-,15+/m1/s1. The molecule has 18 heavy (non-hydrogen) atoms. The van der Waals surface area contributed by atoms with E-state index in [9.17, 15) is 0 Å². The quantitative estimate of drug-likeness (QED) is 0.819. The normalized spacial score (nSPS) is 26.9. The zero-order chi connectivity index (χ0) is 12.4. The number of nitriles is 1. The molecule has 1 aliphatic carbocycles. The minimum atomic E-state index is 0.461. The molecule has 92 valence electrons. The van der Waals surface area contributed by atoms with Gasteiger partial charge in [0.15, 0.2) is 0 Å². The van der Waals surface area contributed by atoms with E-state index in [1.807, 2.05) is 12.3 Å². The Labute approximate surface area is 108 Å². The average Bonchev–Trinajstić information content (AvgIpc) is 2.47. The summed E-state index contributed by atoms with van der Waals surface area (Å²) in [6.07, 6.45) is 10.9. The molecular formula is C15H17N3. The van der Waals surface area contributed by atoms with Gasteiger partial charge in [-0.2, -0.15) is 5.26 Å². The van der Waals surface area contributed by atoms with Crippen LogP contribution in [0.15, 0.2) is 24.5 Å². The highest BCUT2D eigenvalue weighted by Crippen LogP contribution is 2.35. The van der Waals surface area contributed by atoms with Crippen LogP contribution in [0.4, 0.5) is 0 Å². The lowest BCUT2D eigenvalue weighted by atomic mass is 9.77. The van der Waals surface area contributed by atoms with Gasteiger partial charge in [0.05, 0.1) is 5.56 Å². The van der Waals surface area contributed by atoms with Crippen molar-refractivity contribution in [1.82, 2.24) is 10.3 Å². The van der Waals surface area contributed by atoms with E-state index in [0.717, 1.165) is 24.4 Å². The molecule has 1 fully saturated rings. The van der Waals surface area contributed by atoms with E-state index < -0.39 is 0 Å². The minimum Gasteiger partial charge on any atom is -0.310 e. The van der Waals surface area contributed by atoms with Gasteiger partial charge in [-0.3, -0.25) is 4.98 Å². The van der Waals surface area contributed by atoms with Gasteiger partial charge < -0.3 is 5.32 Å². The second-order valence-electron chi connectivity index (χ2n) is 5.15. The topological polar surface area (TPSA) is 48.7 Å². The summed E-state index contributed by atoms with van der Waals surface area (Å²) in [5.74, 6) is 0.754. The average molecular weight is 239 g/mol. The van der Waals surface area contributed by atoms with E-state index in [0.29, 0.717) is 11.6 Å². The predicted molar refractivity (Wildman–Crippen MR) is 70.7 cm³/mol. The highest BCUT2D eigenvalue weighted by molar-refractivity contribution is 5.71. The van der Waals surface area contributed by atoms with Crippen LogP contribution < -0.4 is 5.32 Å². The number of nitrogens with zero attached hydrogens (tertiary/aromatic N) is 2. The number of fused-ring (bicyclic) bond motifs is 1. The molecule has 3 heteroatoms. The second kappa shape index (κ2) is 4.91. The Morgan fingerprint density at radius 1 is 1.33 bits per heavy atom. The van der Waals surface area contributed by atoms with E-state index in [2.05, 4.69) is 22.4 Å². The Morgan fingerprint density at radius 2 is 2.28 bits per heavy atom. The molecule has 2 aliphatic rings. The third-order valence-corrected chi connectivity index (χ3v) is 4.02. The zero-order valence-corrected chi connectivity index (χ0v) is 10.4. The Balaban J connectivity index is 1.94. The molecule has 0 spiro atoms. The number of rotatable bonds is 1. The van der Waals surface area contributed by atoms with Gasteiger partial charge >= 0.3 is 0 Å². The van der Waals surface area contributed by atoms with Gasteiger partial charge in [0.1, 0.15) is 6.07 Å². The third-order valence-electron chi connectivity index (χ3n) is 4.02. The Morgan fingerprint density at radius 3 is 3.17 bits per heavy atom. The molecule has 0 unspecified atom stereocenters. The smallest absolute Gasteiger partial charge is 0.101 e. The van der Waals surface area contributed by atoms with Crippen LogP contribution in [-0.2, 0) is 0 Å². The molecule has 0 saturated carbocycles. The first-order valence-electron chi connectivity index (χ1n) is 6.67. The summed E-state index contributed by atoms with van der Waals surface area (Å²) in [5, 5.41) is 12.6. The molecule has 0 radical (unpaired) electrons. The third kappa shape index (κ3) is 2.04. The van der Waals surface area contributed by atoms with E-state index in [1.165, 1.54) is 24.8 Å². The lowest BCUT2D eigenvalue weighted by molar-refractivity contribution is 0.304. The molecule has 1 saturated heterocycles. The molecule has 3 rings (SSSR count). The van der Waals surface area contributed by atoms with Crippen LogP contribution in [0.2, 0.25) is 0 Å². The van der Waals surface area contributed by atoms with Crippen molar-refractivity contribution in [2.24, 2.45) is 5.92 Å². The van der Waals surface area contributed by atoms with Crippen molar-refractivity contribution in [3.63, 3.8) is 0 Å². The van der Waals surface area contributed by atoms with Gasteiger partial charge in [-0.25, -0.2) is 0 Å². The summed E-state index contributed by atoms with van der Waals surface area (Å²) in [4.78, 5) is 4.18. The minimum absolute atomic E-state index is 0.461. The van der Waals surface area contributed by atoms with Crippen LogP contribution in [0.1, 0.15) is 36.8 Å². The zero-order valence-electron chi connectivity index (χ0n) is 10.4. The summed E-state index contributed by atoms with van der Waals surface area (Å²) >= 11 is 0. The van der Waals surface area contributed by atoms with E-state index in [1.54, 1.807) is 6.20 Å². The fourth-order valence-corrected chi connectivity index (χ4v) is 3.17.